The second-order valence-corrected chi connectivity index (χ2v) is 5.34. The number of alkyl carbamates (subject to hydrolysis) is 1. The monoisotopic (exact) mass is 323 g/mol. The third kappa shape index (κ3) is 5.25. The van der Waals surface area contributed by atoms with E-state index in [1.165, 1.54) is 0 Å². The number of nitrogens with two attached hydrogens (primary N) is 2. The van der Waals surface area contributed by atoms with Crippen LogP contribution in [-0.4, -0.2) is 12.6 Å². The van der Waals surface area contributed by atoms with Crippen molar-refractivity contribution in [2.45, 2.75) is 20.0 Å². The number of hydrogen-bond acceptors (Lipinski definition) is 4. The van der Waals surface area contributed by atoms with Crippen LogP contribution >= 0.6 is 0 Å². The fourth-order valence-corrected chi connectivity index (χ4v) is 2.06. The molecule has 0 atom stereocenters. The summed E-state index contributed by atoms with van der Waals surface area (Å²) in [7, 11) is 0. The van der Waals surface area contributed by atoms with Crippen molar-refractivity contribution in [1.82, 2.24) is 5.32 Å². The molecule has 0 aliphatic rings. The number of nitrogen functional groups attached to an aromatic ring is 2. The summed E-state index contributed by atoms with van der Waals surface area (Å²) in [5.41, 5.74) is 15.4. The van der Waals surface area contributed by atoms with Gasteiger partial charge in [0, 0.05) is 18.5 Å². The third-order valence-corrected chi connectivity index (χ3v) is 3.38. The molecule has 0 unspecified atom stereocenters. The van der Waals surface area contributed by atoms with E-state index in [4.69, 9.17) is 16.2 Å². The van der Waals surface area contributed by atoms with E-state index < -0.39 is 6.09 Å². The average molecular weight is 323 g/mol. The Kier molecular flexibility index (Phi) is 6.09. The molecular weight excluding hydrogens is 302 g/mol. The number of anilines is 2. The Balaban J connectivity index is 1.72. The Morgan fingerprint density at radius 2 is 1.96 bits per heavy atom. The van der Waals surface area contributed by atoms with E-state index >= 15 is 0 Å². The number of nitrogens with one attached hydrogen (secondary N) is 1. The number of benzene rings is 2. The second-order valence-electron chi connectivity index (χ2n) is 5.34. The van der Waals surface area contributed by atoms with Crippen LogP contribution in [-0.2, 0) is 11.3 Å². The molecule has 0 bridgehead atoms. The highest BCUT2D eigenvalue weighted by Crippen LogP contribution is 2.20. The molecule has 0 aromatic heterocycles. The molecule has 5 heteroatoms. The van der Waals surface area contributed by atoms with E-state index in [2.05, 4.69) is 17.2 Å². The zero-order valence-electron chi connectivity index (χ0n) is 13.6. The number of amides is 1. The first-order valence-electron chi connectivity index (χ1n) is 7.65. The molecular formula is C19H21N3O2. The molecule has 124 valence electrons. The number of rotatable bonds is 4. The first kappa shape index (κ1) is 17.2. The molecule has 24 heavy (non-hydrogen) atoms. The summed E-state index contributed by atoms with van der Waals surface area (Å²) in [6.45, 7) is 2.56. The molecule has 2 rings (SSSR count). The quantitative estimate of drug-likeness (QED) is 0.458. The predicted molar refractivity (Wildman–Crippen MR) is 96.1 cm³/mol. The van der Waals surface area contributed by atoms with Crippen LogP contribution in [0, 0.1) is 18.8 Å². The lowest BCUT2D eigenvalue weighted by atomic mass is 10.1. The first-order chi connectivity index (χ1) is 11.6. The molecule has 0 aliphatic heterocycles. The van der Waals surface area contributed by atoms with Crippen molar-refractivity contribution >= 4 is 17.5 Å². The molecule has 0 saturated heterocycles. The van der Waals surface area contributed by atoms with Crippen molar-refractivity contribution in [3.05, 3.63) is 59.2 Å². The van der Waals surface area contributed by atoms with Crippen LogP contribution in [0.5, 0.6) is 0 Å². The maximum Gasteiger partial charge on any atom is 0.407 e. The predicted octanol–water partition coefficient (Wildman–Crippen LogP) is 2.83. The van der Waals surface area contributed by atoms with E-state index in [0.717, 1.165) is 16.7 Å². The summed E-state index contributed by atoms with van der Waals surface area (Å²) < 4.78 is 5.11. The van der Waals surface area contributed by atoms with Gasteiger partial charge in [0.1, 0.15) is 6.61 Å². The smallest absolute Gasteiger partial charge is 0.407 e. The third-order valence-electron chi connectivity index (χ3n) is 3.38. The standard InChI is InChI=1S/C19H21N3O2/c1-14-11-16(12-17(20)18(14)21)9-5-6-10-22-19(23)24-13-15-7-3-2-4-8-15/h2-4,7-8,11-12H,6,10,13,20-21H2,1H3,(H,22,23). The maximum absolute atomic E-state index is 11.6. The number of carbonyl (C=O) groups excluding carboxylic acids is 1. The topological polar surface area (TPSA) is 90.4 Å². The fourth-order valence-electron chi connectivity index (χ4n) is 2.06. The lowest BCUT2D eigenvalue weighted by Gasteiger charge is -2.05. The number of ether oxygens (including phenoxy) is 1. The van der Waals surface area contributed by atoms with Crippen molar-refractivity contribution in [2.75, 3.05) is 18.0 Å². The van der Waals surface area contributed by atoms with Gasteiger partial charge in [0.25, 0.3) is 0 Å². The van der Waals surface area contributed by atoms with Crippen molar-refractivity contribution in [3.8, 4) is 11.8 Å². The zero-order chi connectivity index (χ0) is 17.4. The molecule has 0 spiro atoms. The van der Waals surface area contributed by atoms with Gasteiger partial charge in [0.05, 0.1) is 11.4 Å². The number of aryl methyl sites for hydroxylation is 1. The average Bonchev–Trinajstić information content (AvgIpc) is 2.58. The molecule has 5 N–H and O–H groups in total. The summed E-state index contributed by atoms with van der Waals surface area (Å²) in [5.74, 6) is 6.00. The van der Waals surface area contributed by atoms with Gasteiger partial charge in [-0.1, -0.05) is 42.2 Å². The summed E-state index contributed by atoms with van der Waals surface area (Å²) in [5, 5.41) is 2.66. The molecule has 2 aromatic carbocycles. The van der Waals surface area contributed by atoms with Crippen molar-refractivity contribution in [2.24, 2.45) is 0 Å². The van der Waals surface area contributed by atoms with Crippen molar-refractivity contribution in [3.63, 3.8) is 0 Å². The summed E-state index contributed by atoms with van der Waals surface area (Å²) in [4.78, 5) is 11.6. The molecule has 1 amide bonds. The van der Waals surface area contributed by atoms with Crippen LogP contribution in [0.15, 0.2) is 42.5 Å². The molecule has 0 aliphatic carbocycles. The fraction of sp³-hybridized carbons (Fsp3) is 0.211. The summed E-state index contributed by atoms with van der Waals surface area (Å²) in [6.07, 6.45) is 0.0669. The van der Waals surface area contributed by atoms with Gasteiger partial charge in [-0.05, 0) is 30.2 Å². The Hall–Kier alpha value is -3.13. The Morgan fingerprint density at radius 1 is 1.21 bits per heavy atom. The first-order valence-corrected chi connectivity index (χ1v) is 7.65. The molecule has 2 aromatic rings. The van der Waals surface area contributed by atoms with Gasteiger partial charge in [0.15, 0.2) is 0 Å². The van der Waals surface area contributed by atoms with Gasteiger partial charge in [-0.2, -0.15) is 0 Å². The maximum atomic E-state index is 11.6. The van der Waals surface area contributed by atoms with Crippen LogP contribution in [0.4, 0.5) is 16.2 Å². The SMILES string of the molecule is Cc1cc(C#CCCNC(=O)OCc2ccccc2)cc(N)c1N. The van der Waals surface area contributed by atoms with Crippen LogP contribution in [0.2, 0.25) is 0 Å². The zero-order valence-corrected chi connectivity index (χ0v) is 13.6. The van der Waals surface area contributed by atoms with Crippen LogP contribution in [0.1, 0.15) is 23.1 Å². The highest BCUT2D eigenvalue weighted by Gasteiger charge is 2.01. The van der Waals surface area contributed by atoms with Gasteiger partial charge >= 0.3 is 6.09 Å². The van der Waals surface area contributed by atoms with Gasteiger partial charge in [-0.15, -0.1) is 0 Å². The number of carbonyl (C=O) groups is 1. The lowest BCUT2D eigenvalue weighted by Crippen LogP contribution is -2.24. The molecule has 0 radical (unpaired) electrons. The van der Waals surface area contributed by atoms with Gasteiger partial charge in [-0.3, -0.25) is 0 Å². The van der Waals surface area contributed by atoms with E-state index in [1.54, 1.807) is 6.07 Å². The van der Waals surface area contributed by atoms with Gasteiger partial charge < -0.3 is 21.5 Å². The molecule has 0 fully saturated rings. The highest BCUT2D eigenvalue weighted by molar-refractivity contribution is 5.70. The highest BCUT2D eigenvalue weighted by atomic mass is 16.5. The largest absolute Gasteiger partial charge is 0.445 e. The lowest BCUT2D eigenvalue weighted by molar-refractivity contribution is 0.140. The Morgan fingerprint density at radius 3 is 2.67 bits per heavy atom. The normalized spacial score (nSPS) is 9.71. The second kappa shape index (κ2) is 8.49. The Bertz CT molecular complexity index is 738. The van der Waals surface area contributed by atoms with Crippen LogP contribution in [0.3, 0.4) is 0 Å². The Labute approximate surface area is 142 Å². The van der Waals surface area contributed by atoms with E-state index in [0.29, 0.717) is 24.3 Å². The van der Waals surface area contributed by atoms with Gasteiger partial charge in [0.2, 0.25) is 0 Å². The van der Waals surface area contributed by atoms with E-state index in [9.17, 15) is 4.79 Å². The van der Waals surface area contributed by atoms with Gasteiger partial charge in [-0.25, -0.2) is 4.79 Å². The van der Waals surface area contributed by atoms with Crippen LogP contribution < -0.4 is 16.8 Å². The summed E-state index contributed by atoms with van der Waals surface area (Å²) >= 11 is 0. The van der Waals surface area contributed by atoms with Crippen molar-refractivity contribution < 1.29 is 9.53 Å². The molecule has 0 saturated carbocycles. The minimum atomic E-state index is -0.451. The van der Waals surface area contributed by atoms with E-state index in [-0.39, 0.29) is 6.61 Å². The minimum absolute atomic E-state index is 0.252. The van der Waals surface area contributed by atoms with E-state index in [1.807, 2.05) is 43.3 Å². The van der Waals surface area contributed by atoms with Crippen LogP contribution in [0.25, 0.3) is 0 Å². The van der Waals surface area contributed by atoms with Crippen molar-refractivity contribution in [1.29, 1.82) is 0 Å². The molecule has 5 nitrogen and oxygen atoms in total. The number of hydrogen-bond donors (Lipinski definition) is 3. The molecule has 0 heterocycles. The summed E-state index contributed by atoms with van der Waals surface area (Å²) in [6, 6.07) is 13.2. The minimum Gasteiger partial charge on any atom is -0.445 e.